The van der Waals surface area contributed by atoms with Crippen LogP contribution < -0.4 is 0 Å². The first-order chi connectivity index (χ1) is 6.92. The zero-order valence-electron chi connectivity index (χ0n) is 9.60. The van der Waals surface area contributed by atoms with Crippen molar-refractivity contribution in [3.63, 3.8) is 0 Å². The molecule has 0 amide bonds. The summed E-state index contributed by atoms with van der Waals surface area (Å²) in [4.78, 5) is 10.2. The van der Waals surface area contributed by atoms with Gasteiger partial charge in [-0.05, 0) is 27.2 Å². The van der Waals surface area contributed by atoms with Gasteiger partial charge in [0.15, 0.2) is 5.79 Å². The summed E-state index contributed by atoms with van der Waals surface area (Å²) in [6, 6.07) is 0. The molecule has 1 heterocycles. The third-order valence-electron chi connectivity index (χ3n) is 2.47. The lowest BCUT2D eigenvalue weighted by Gasteiger charge is -2.24. The summed E-state index contributed by atoms with van der Waals surface area (Å²) in [5.41, 5.74) is 0. The summed E-state index contributed by atoms with van der Waals surface area (Å²) in [5, 5.41) is 9.52. The van der Waals surface area contributed by atoms with Crippen LogP contribution in [0, 0.1) is 0 Å². The smallest absolute Gasteiger partial charge is 0.160 e. The van der Waals surface area contributed by atoms with E-state index in [0.29, 0.717) is 6.42 Å². The van der Waals surface area contributed by atoms with Crippen LogP contribution in [0.25, 0.3) is 0 Å². The summed E-state index contributed by atoms with van der Waals surface area (Å²) in [6.45, 7) is 5.15. The maximum absolute atomic E-state index is 10.2. The zero-order valence-corrected chi connectivity index (χ0v) is 9.60. The van der Waals surface area contributed by atoms with Crippen LogP contribution in [-0.2, 0) is 14.3 Å². The van der Waals surface area contributed by atoms with E-state index in [1.807, 2.05) is 6.92 Å². The van der Waals surface area contributed by atoms with Crippen LogP contribution in [-0.4, -0.2) is 35.5 Å². The molecule has 0 bridgehead atoms. The predicted octanol–water partition coefficient (Wildman–Crippen LogP) is 1.26. The Bertz CT molecular complexity index is 209. The Morgan fingerprint density at radius 1 is 1.60 bits per heavy atom. The lowest BCUT2D eigenvalue weighted by molar-refractivity contribution is -0.212. The molecule has 1 aliphatic rings. The molecule has 1 fully saturated rings. The van der Waals surface area contributed by atoms with Crippen LogP contribution in [0.1, 0.15) is 40.0 Å². The molecule has 0 spiro atoms. The molecule has 15 heavy (non-hydrogen) atoms. The number of hydrogen-bond donors (Lipinski definition) is 1. The first-order valence-corrected chi connectivity index (χ1v) is 5.41. The monoisotopic (exact) mass is 216 g/mol. The number of carbonyl (C=O) groups excluding carboxylic acids is 1. The molecular weight excluding hydrogens is 196 g/mol. The SMILES string of the molecule is CC1O[C@H](CCC=O)C[C@H]1OC(C)(C)O. The van der Waals surface area contributed by atoms with E-state index in [2.05, 4.69) is 0 Å². The molecule has 0 saturated carbocycles. The minimum absolute atomic E-state index is 0.0203. The fourth-order valence-electron chi connectivity index (χ4n) is 1.85. The highest BCUT2D eigenvalue weighted by molar-refractivity contribution is 5.49. The van der Waals surface area contributed by atoms with E-state index in [0.717, 1.165) is 19.1 Å². The quantitative estimate of drug-likeness (QED) is 0.555. The van der Waals surface area contributed by atoms with Crippen LogP contribution in [0.3, 0.4) is 0 Å². The standard InChI is InChI=1S/C11H20O4/c1-8-10(15-11(2,3)13)7-9(14-8)5-4-6-12/h6,8-10,13H,4-5,7H2,1-3H3/t8?,9-,10-/m1/s1. The van der Waals surface area contributed by atoms with Crippen LogP contribution in [0.2, 0.25) is 0 Å². The summed E-state index contributed by atoms with van der Waals surface area (Å²) in [7, 11) is 0. The Labute approximate surface area is 90.6 Å². The molecule has 0 aromatic carbocycles. The highest BCUT2D eigenvalue weighted by Gasteiger charge is 2.35. The van der Waals surface area contributed by atoms with Gasteiger partial charge in [0, 0.05) is 12.8 Å². The van der Waals surface area contributed by atoms with Gasteiger partial charge in [-0.25, -0.2) is 0 Å². The maximum Gasteiger partial charge on any atom is 0.160 e. The first kappa shape index (κ1) is 12.6. The molecule has 0 aromatic heterocycles. The lowest BCUT2D eigenvalue weighted by Crippen LogP contribution is -2.33. The van der Waals surface area contributed by atoms with Crippen molar-refractivity contribution in [3.05, 3.63) is 0 Å². The van der Waals surface area contributed by atoms with Crippen molar-refractivity contribution in [2.75, 3.05) is 0 Å². The van der Waals surface area contributed by atoms with Gasteiger partial charge < -0.3 is 19.4 Å². The second-order valence-corrected chi connectivity index (χ2v) is 4.55. The molecule has 0 aliphatic carbocycles. The van der Waals surface area contributed by atoms with Gasteiger partial charge in [-0.15, -0.1) is 0 Å². The zero-order chi connectivity index (χ0) is 11.5. The second kappa shape index (κ2) is 5.05. The Hall–Kier alpha value is -0.450. The average Bonchev–Trinajstić information content (AvgIpc) is 2.41. The summed E-state index contributed by atoms with van der Waals surface area (Å²) >= 11 is 0. The Morgan fingerprint density at radius 3 is 2.80 bits per heavy atom. The van der Waals surface area contributed by atoms with Gasteiger partial charge in [0.05, 0.1) is 18.3 Å². The van der Waals surface area contributed by atoms with Crippen LogP contribution >= 0.6 is 0 Å². The topological polar surface area (TPSA) is 55.8 Å². The fraction of sp³-hybridized carbons (Fsp3) is 0.909. The first-order valence-electron chi connectivity index (χ1n) is 5.41. The number of ether oxygens (including phenoxy) is 2. The van der Waals surface area contributed by atoms with Crippen molar-refractivity contribution < 1.29 is 19.4 Å². The minimum atomic E-state index is -1.12. The number of hydrogen-bond acceptors (Lipinski definition) is 4. The van der Waals surface area contributed by atoms with E-state index in [1.165, 1.54) is 0 Å². The van der Waals surface area contributed by atoms with E-state index in [-0.39, 0.29) is 18.3 Å². The van der Waals surface area contributed by atoms with Gasteiger partial charge >= 0.3 is 0 Å². The van der Waals surface area contributed by atoms with Crippen molar-refractivity contribution in [2.24, 2.45) is 0 Å². The largest absolute Gasteiger partial charge is 0.372 e. The van der Waals surface area contributed by atoms with Crippen molar-refractivity contribution >= 4 is 6.29 Å². The summed E-state index contributed by atoms with van der Waals surface area (Å²) < 4.78 is 11.1. The molecule has 1 N–H and O–H groups in total. The Morgan fingerprint density at radius 2 is 2.27 bits per heavy atom. The molecule has 0 aromatic rings. The summed E-state index contributed by atoms with van der Waals surface area (Å²) in [5.74, 6) is -1.12. The molecule has 4 nitrogen and oxygen atoms in total. The molecule has 1 rings (SSSR count). The highest BCUT2D eigenvalue weighted by atomic mass is 16.6. The molecule has 4 heteroatoms. The van der Waals surface area contributed by atoms with Crippen molar-refractivity contribution in [3.8, 4) is 0 Å². The average molecular weight is 216 g/mol. The number of rotatable bonds is 5. The number of carbonyl (C=O) groups is 1. The predicted molar refractivity (Wildman–Crippen MR) is 55.4 cm³/mol. The minimum Gasteiger partial charge on any atom is -0.372 e. The van der Waals surface area contributed by atoms with Crippen molar-refractivity contribution in [1.82, 2.24) is 0 Å². The van der Waals surface area contributed by atoms with Crippen LogP contribution in [0.4, 0.5) is 0 Å². The third-order valence-corrected chi connectivity index (χ3v) is 2.47. The highest BCUT2D eigenvalue weighted by Crippen LogP contribution is 2.28. The second-order valence-electron chi connectivity index (χ2n) is 4.55. The van der Waals surface area contributed by atoms with Gasteiger partial charge in [0.25, 0.3) is 0 Å². The van der Waals surface area contributed by atoms with Gasteiger partial charge in [0.2, 0.25) is 0 Å². The molecule has 1 aliphatic heterocycles. The van der Waals surface area contributed by atoms with E-state index >= 15 is 0 Å². The van der Waals surface area contributed by atoms with E-state index < -0.39 is 5.79 Å². The van der Waals surface area contributed by atoms with Gasteiger partial charge in [-0.3, -0.25) is 0 Å². The van der Waals surface area contributed by atoms with Gasteiger partial charge in [-0.1, -0.05) is 0 Å². The van der Waals surface area contributed by atoms with E-state index in [4.69, 9.17) is 9.47 Å². The molecule has 88 valence electrons. The maximum atomic E-state index is 10.2. The lowest BCUT2D eigenvalue weighted by atomic mass is 10.1. The van der Waals surface area contributed by atoms with E-state index in [9.17, 15) is 9.90 Å². The normalized spacial score (nSPS) is 31.9. The fourth-order valence-corrected chi connectivity index (χ4v) is 1.85. The molecule has 3 atom stereocenters. The molecular formula is C11H20O4. The molecule has 1 unspecified atom stereocenters. The summed E-state index contributed by atoms with van der Waals surface area (Å²) in [6.07, 6.45) is 2.89. The third kappa shape index (κ3) is 4.28. The molecule has 0 radical (unpaired) electrons. The van der Waals surface area contributed by atoms with Crippen LogP contribution in [0.15, 0.2) is 0 Å². The Kier molecular flexibility index (Phi) is 4.25. The van der Waals surface area contributed by atoms with E-state index in [1.54, 1.807) is 13.8 Å². The van der Waals surface area contributed by atoms with Crippen LogP contribution in [0.5, 0.6) is 0 Å². The number of aldehydes is 1. The molecule has 1 saturated heterocycles. The van der Waals surface area contributed by atoms with Gasteiger partial charge in [0.1, 0.15) is 6.29 Å². The number of aliphatic hydroxyl groups is 1. The van der Waals surface area contributed by atoms with Gasteiger partial charge in [-0.2, -0.15) is 0 Å². The van der Waals surface area contributed by atoms with Crippen molar-refractivity contribution in [1.29, 1.82) is 0 Å². The van der Waals surface area contributed by atoms with Crippen molar-refractivity contribution in [2.45, 2.75) is 64.1 Å². The Balaban J connectivity index is 2.38.